The van der Waals surface area contributed by atoms with Gasteiger partial charge in [0.2, 0.25) is 0 Å². The fraction of sp³-hybridized carbons (Fsp3) is 0.600. The first-order valence-corrected chi connectivity index (χ1v) is 5.52. The van der Waals surface area contributed by atoms with Gasteiger partial charge >= 0.3 is 23.9 Å². The average molecular weight is 438 g/mol. The second-order valence-electron chi connectivity index (χ2n) is 4.00. The van der Waals surface area contributed by atoms with Crippen molar-refractivity contribution in [1.29, 1.82) is 0 Å². The van der Waals surface area contributed by atoms with E-state index in [1.165, 1.54) is 0 Å². The van der Waals surface area contributed by atoms with Crippen LogP contribution in [-0.2, 0) is 19.2 Å². The van der Waals surface area contributed by atoms with Gasteiger partial charge in [-0.3, -0.25) is 29.0 Å². The van der Waals surface area contributed by atoms with Gasteiger partial charge in [0.25, 0.3) is 0 Å². The molecule has 0 saturated heterocycles. The first-order valence-electron chi connectivity index (χ1n) is 5.52. The molecule has 4 radical (unpaired) electrons. The van der Waals surface area contributed by atoms with E-state index in [2.05, 4.69) is 0 Å². The van der Waals surface area contributed by atoms with Gasteiger partial charge in [0, 0.05) is 131 Å². The van der Waals surface area contributed by atoms with E-state index in [-0.39, 0.29) is 148 Å². The van der Waals surface area contributed by atoms with Crippen LogP contribution in [0.3, 0.4) is 0 Å². The Labute approximate surface area is 243 Å². The Morgan fingerprint density at radius 3 is 0.741 bits per heavy atom. The van der Waals surface area contributed by atoms with Gasteiger partial charge in [0.05, 0.1) is 26.2 Å². The number of carbonyl (C=O) groups is 4. The molecule has 13 nitrogen and oxygen atoms in total. The Morgan fingerprint density at radius 2 is 0.630 bits per heavy atom. The number of rotatable bonds is 11. The Bertz CT molecular complexity index is 335. The van der Waals surface area contributed by atoms with Crippen LogP contribution in [0.4, 0.5) is 0 Å². The molecule has 0 bridgehead atoms. The first kappa shape index (κ1) is 51.4. The molecular weight excluding hydrogens is 416 g/mol. The Kier molecular flexibility index (Phi) is 56.9. The molecule has 0 aromatic heterocycles. The third-order valence-corrected chi connectivity index (χ3v) is 2.17. The van der Waals surface area contributed by atoms with Crippen molar-refractivity contribution in [2.45, 2.75) is 0 Å². The summed E-state index contributed by atoms with van der Waals surface area (Å²) in [5.74, 6) is -4.91. The molecule has 0 aliphatic heterocycles. The Hall–Kier alpha value is 1.68. The number of aliphatic carboxylic acids is 4. The molecule has 27 heavy (non-hydrogen) atoms. The van der Waals surface area contributed by atoms with Gasteiger partial charge in [0.1, 0.15) is 0 Å². The van der Waals surface area contributed by atoms with E-state index < -0.39 is 50.1 Å². The van der Waals surface area contributed by atoms with Crippen LogP contribution < -0.4 is 0 Å². The van der Waals surface area contributed by atoms with Gasteiger partial charge in [-0.2, -0.15) is 0 Å². The molecule has 0 rings (SSSR count). The number of hydrogen-bond donors (Lipinski definition) is 4. The van der Waals surface area contributed by atoms with E-state index in [0.29, 0.717) is 0 Å². The van der Waals surface area contributed by atoms with E-state index in [0.717, 1.165) is 9.80 Å². The summed E-state index contributed by atoms with van der Waals surface area (Å²) in [5, 5.41) is 34.5. The average Bonchev–Trinajstić information content (AvgIpc) is 2.22. The maximum absolute atomic E-state index is 10.6. The van der Waals surface area contributed by atoms with Crippen molar-refractivity contribution < 1.29 is 56.0 Å². The van der Waals surface area contributed by atoms with Crippen molar-refractivity contribution in [2.75, 3.05) is 39.3 Å². The number of hydrogen-bond acceptors (Lipinski definition) is 6. The fourth-order valence-corrected chi connectivity index (χ4v) is 1.48. The van der Waals surface area contributed by atoms with Gasteiger partial charge in [-0.15, -0.1) is 0 Å². The monoisotopic (exact) mass is 438 g/mol. The van der Waals surface area contributed by atoms with Crippen LogP contribution in [0.15, 0.2) is 0 Å². The van der Waals surface area contributed by atoms with Crippen LogP contribution in [0.25, 0.3) is 0 Å². The summed E-state index contributed by atoms with van der Waals surface area (Å²) in [6, 6.07) is 0. The minimum absolute atomic E-state index is 0. The van der Waals surface area contributed by atoms with Gasteiger partial charge < -0.3 is 36.9 Å². The first-order chi connectivity index (χ1) is 9.20. The molecule has 0 amide bonds. The van der Waals surface area contributed by atoms with Gasteiger partial charge in [-0.1, -0.05) is 0 Å². The van der Waals surface area contributed by atoms with Crippen molar-refractivity contribution in [3.8, 4) is 0 Å². The van der Waals surface area contributed by atoms with Crippen LogP contribution in [-0.4, -0.2) is 228 Å². The van der Waals surface area contributed by atoms with E-state index in [4.69, 9.17) is 20.4 Å². The molecule has 142 valence electrons. The van der Waals surface area contributed by atoms with Gasteiger partial charge in [-0.25, -0.2) is 0 Å². The molecule has 0 heterocycles. The third-order valence-electron chi connectivity index (χ3n) is 2.17. The smallest absolute Gasteiger partial charge is 0.317 e. The van der Waals surface area contributed by atoms with Gasteiger partial charge in [-0.05, 0) is 0 Å². The zero-order chi connectivity index (χ0) is 15.7. The molecule has 17 heteroatoms. The summed E-state index contributed by atoms with van der Waals surface area (Å²) in [5.41, 5.74) is 0. The zero-order valence-corrected chi connectivity index (χ0v) is 24.1. The molecule has 0 aromatic carbocycles. The third kappa shape index (κ3) is 35.5. The topological polar surface area (TPSA) is 250 Å². The normalized spacial score (nSPS) is 7.93. The maximum atomic E-state index is 10.6. The standard InChI is InChI=1S/C10H16N2O8.4Na.3H2O/c13-7(14)3-11(4-8(15)16)1-2-12(5-9(17)18)6-10(19)20;;;;;;;/h1-6H2,(H,13,14)(H,15,16)(H,17,18)(H,19,20);;;;;3*1H2. The quantitative estimate of drug-likeness (QED) is 0.222. The van der Waals surface area contributed by atoms with Crippen LogP contribution >= 0.6 is 0 Å². The summed E-state index contributed by atoms with van der Waals surface area (Å²) in [4.78, 5) is 44.4. The van der Waals surface area contributed by atoms with E-state index in [1.54, 1.807) is 0 Å². The molecule has 0 atom stereocenters. The summed E-state index contributed by atoms with van der Waals surface area (Å²) in [7, 11) is 0. The molecule has 10 N–H and O–H groups in total. The van der Waals surface area contributed by atoms with Crippen LogP contribution in [0.2, 0.25) is 0 Å². The van der Waals surface area contributed by atoms with Crippen LogP contribution in [0.1, 0.15) is 0 Å². The zero-order valence-electron chi connectivity index (χ0n) is 16.1. The summed E-state index contributed by atoms with van der Waals surface area (Å²) in [6.45, 7) is -2.25. The van der Waals surface area contributed by atoms with Crippen molar-refractivity contribution in [1.82, 2.24) is 9.80 Å². The molecular formula is C10H22N2Na4O11. The number of carboxylic acids is 4. The van der Waals surface area contributed by atoms with Crippen molar-refractivity contribution in [2.24, 2.45) is 0 Å². The summed E-state index contributed by atoms with van der Waals surface area (Å²) < 4.78 is 0. The van der Waals surface area contributed by atoms with Gasteiger partial charge in [0.15, 0.2) is 0 Å². The molecule has 0 saturated carbocycles. The number of nitrogens with zero attached hydrogens (tertiary/aromatic N) is 2. The summed E-state index contributed by atoms with van der Waals surface area (Å²) >= 11 is 0. The summed E-state index contributed by atoms with van der Waals surface area (Å²) in [6.07, 6.45) is 0. The molecule has 0 aliphatic rings. The fourth-order valence-electron chi connectivity index (χ4n) is 1.48. The molecule has 0 unspecified atom stereocenters. The van der Waals surface area contributed by atoms with Crippen LogP contribution in [0.5, 0.6) is 0 Å². The molecule has 0 aromatic rings. The van der Waals surface area contributed by atoms with Crippen LogP contribution in [0, 0.1) is 0 Å². The second-order valence-corrected chi connectivity index (χ2v) is 4.00. The predicted octanol–water partition coefficient (Wildman–Crippen LogP) is -6.07. The second kappa shape index (κ2) is 29.9. The van der Waals surface area contributed by atoms with Crippen molar-refractivity contribution >= 4 is 142 Å². The number of carboxylic acid groups (broad SMARTS) is 4. The molecule has 0 fully saturated rings. The van der Waals surface area contributed by atoms with E-state index in [1.807, 2.05) is 0 Å². The Balaban J connectivity index is -0.0000000860. The molecule has 0 spiro atoms. The maximum Gasteiger partial charge on any atom is 0.317 e. The van der Waals surface area contributed by atoms with E-state index >= 15 is 0 Å². The largest absolute Gasteiger partial charge is 0.480 e. The molecule has 0 aliphatic carbocycles. The predicted molar refractivity (Wildman–Crippen MR) is 97.3 cm³/mol. The van der Waals surface area contributed by atoms with Crippen molar-refractivity contribution in [3.05, 3.63) is 0 Å². The van der Waals surface area contributed by atoms with Crippen molar-refractivity contribution in [3.63, 3.8) is 0 Å². The Morgan fingerprint density at radius 1 is 0.481 bits per heavy atom. The SMILES string of the molecule is O.O.O.O=C(O)CN(CCN(CC(=O)O)CC(=O)O)CC(=O)O.[Na].[Na].[Na].[Na]. The minimum Gasteiger partial charge on any atom is -0.480 e. The van der Waals surface area contributed by atoms with E-state index in [9.17, 15) is 19.2 Å². The minimum atomic E-state index is -1.23.